The molecule has 1 unspecified atom stereocenters. The normalized spacial score (nSPS) is 22.4. The fourth-order valence-corrected chi connectivity index (χ4v) is 4.58. The zero-order chi connectivity index (χ0) is 18.6. The maximum atomic E-state index is 12.5. The number of aliphatic carboxylic acids is 1. The molecule has 144 valence electrons. The monoisotopic (exact) mass is 384 g/mol. The van der Waals surface area contributed by atoms with Crippen LogP contribution < -0.4 is 4.74 Å². The van der Waals surface area contributed by atoms with Crippen LogP contribution in [0.1, 0.15) is 6.42 Å². The molecule has 1 aromatic carbocycles. The van der Waals surface area contributed by atoms with E-state index in [2.05, 4.69) is 4.90 Å². The van der Waals surface area contributed by atoms with Crippen LogP contribution in [-0.4, -0.2) is 81.2 Å². The van der Waals surface area contributed by atoms with Crippen molar-refractivity contribution in [1.29, 1.82) is 0 Å². The van der Waals surface area contributed by atoms with Gasteiger partial charge in [-0.2, -0.15) is 4.31 Å². The summed E-state index contributed by atoms with van der Waals surface area (Å²) in [6.45, 7) is 3.97. The molecule has 0 radical (unpaired) electrons. The molecule has 0 saturated carbocycles. The first-order valence-corrected chi connectivity index (χ1v) is 10.2. The second-order valence-electron chi connectivity index (χ2n) is 6.46. The minimum Gasteiger partial charge on any atom is -0.492 e. The van der Waals surface area contributed by atoms with Crippen LogP contribution in [0.4, 0.5) is 0 Å². The first kappa shape index (κ1) is 19.1. The summed E-state index contributed by atoms with van der Waals surface area (Å²) in [4.78, 5) is 13.3. The number of sulfonamides is 1. The third-order valence-electron chi connectivity index (χ3n) is 4.73. The average molecular weight is 384 g/mol. The Labute approximate surface area is 153 Å². The topological polar surface area (TPSA) is 96.4 Å². The fourth-order valence-electron chi connectivity index (χ4n) is 3.17. The van der Waals surface area contributed by atoms with Gasteiger partial charge in [0.05, 0.1) is 24.0 Å². The number of carboxylic acids is 1. The quantitative estimate of drug-likeness (QED) is 0.731. The predicted octanol–water partition coefficient (Wildman–Crippen LogP) is 0.493. The molecule has 9 heteroatoms. The van der Waals surface area contributed by atoms with E-state index in [0.717, 1.165) is 6.54 Å². The number of benzene rings is 1. The summed E-state index contributed by atoms with van der Waals surface area (Å²) in [7, 11) is -3.49. The Kier molecular flexibility index (Phi) is 6.13. The lowest BCUT2D eigenvalue weighted by Crippen LogP contribution is -2.40. The highest BCUT2D eigenvalue weighted by molar-refractivity contribution is 7.89. The maximum Gasteiger partial charge on any atom is 0.307 e. The molecule has 3 rings (SSSR count). The number of nitrogens with zero attached hydrogens (tertiary/aromatic N) is 2. The summed E-state index contributed by atoms with van der Waals surface area (Å²) in [5.41, 5.74) is 0. The van der Waals surface area contributed by atoms with Gasteiger partial charge in [-0.15, -0.1) is 0 Å². The molecule has 1 aromatic rings. The Bertz CT molecular complexity index is 715. The van der Waals surface area contributed by atoms with Crippen LogP contribution in [0, 0.1) is 5.92 Å². The molecule has 1 atom stereocenters. The van der Waals surface area contributed by atoms with Gasteiger partial charge in [-0.1, -0.05) is 0 Å². The van der Waals surface area contributed by atoms with Crippen molar-refractivity contribution < 1.29 is 27.8 Å². The molecule has 1 N–H and O–H groups in total. The van der Waals surface area contributed by atoms with Crippen molar-refractivity contribution in [1.82, 2.24) is 9.21 Å². The Morgan fingerprint density at radius 3 is 2.50 bits per heavy atom. The zero-order valence-corrected chi connectivity index (χ0v) is 15.4. The van der Waals surface area contributed by atoms with E-state index in [-0.39, 0.29) is 10.8 Å². The highest BCUT2D eigenvalue weighted by Gasteiger charge is 2.28. The fraction of sp³-hybridized carbons (Fsp3) is 0.588. The third-order valence-corrected chi connectivity index (χ3v) is 6.64. The summed E-state index contributed by atoms with van der Waals surface area (Å²) in [6, 6.07) is 6.40. The van der Waals surface area contributed by atoms with Gasteiger partial charge in [0.1, 0.15) is 12.4 Å². The van der Waals surface area contributed by atoms with E-state index in [4.69, 9.17) is 14.6 Å². The van der Waals surface area contributed by atoms with E-state index in [1.54, 1.807) is 24.3 Å². The summed E-state index contributed by atoms with van der Waals surface area (Å²) < 4.78 is 37.4. The van der Waals surface area contributed by atoms with E-state index in [0.29, 0.717) is 58.2 Å². The largest absolute Gasteiger partial charge is 0.492 e. The number of carboxylic acid groups (broad SMARTS) is 1. The third kappa shape index (κ3) is 4.53. The number of hydrogen-bond donors (Lipinski definition) is 1. The maximum absolute atomic E-state index is 12.5. The highest BCUT2D eigenvalue weighted by atomic mass is 32.2. The summed E-state index contributed by atoms with van der Waals surface area (Å²) >= 11 is 0. The van der Waals surface area contributed by atoms with Crippen molar-refractivity contribution in [2.75, 3.05) is 52.5 Å². The Morgan fingerprint density at radius 2 is 1.88 bits per heavy atom. The van der Waals surface area contributed by atoms with Crippen LogP contribution >= 0.6 is 0 Å². The number of rotatable bonds is 7. The predicted molar refractivity (Wildman–Crippen MR) is 93.7 cm³/mol. The van der Waals surface area contributed by atoms with Crippen molar-refractivity contribution in [3.63, 3.8) is 0 Å². The number of hydrogen-bond acceptors (Lipinski definition) is 6. The van der Waals surface area contributed by atoms with E-state index in [9.17, 15) is 13.2 Å². The number of likely N-dealkylation sites (tertiary alicyclic amines) is 1. The molecule has 0 aromatic heterocycles. The Morgan fingerprint density at radius 1 is 1.19 bits per heavy atom. The second kappa shape index (κ2) is 8.34. The molecule has 2 fully saturated rings. The van der Waals surface area contributed by atoms with E-state index in [1.165, 1.54) is 4.31 Å². The van der Waals surface area contributed by atoms with Crippen molar-refractivity contribution >= 4 is 16.0 Å². The molecular weight excluding hydrogens is 360 g/mol. The van der Waals surface area contributed by atoms with E-state index < -0.39 is 16.0 Å². The molecule has 8 nitrogen and oxygen atoms in total. The van der Waals surface area contributed by atoms with Crippen molar-refractivity contribution in [2.24, 2.45) is 5.92 Å². The lowest BCUT2D eigenvalue weighted by Gasteiger charge is -2.26. The van der Waals surface area contributed by atoms with Crippen LogP contribution in [0.15, 0.2) is 29.2 Å². The van der Waals surface area contributed by atoms with Crippen LogP contribution in [-0.2, 0) is 19.6 Å². The number of morpholine rings is 1. The zero-order valence-electron chi connectivity index (χ0n) is 14.5. The summed E-state index contributed by atoms with van der Waals surface area (Å²) in [5.74, 6) is -0.440. The minimum atomic E-state index is -3.49. The average Bonchev–Trinajstić information content (AvgIpc) is 3.12. The minimum absolute atomic E-state index is 0.246. The summed E-state index contributed by atoms with van der Waals surface area (Å²) in [6.07, 6.45) is 0.670. The van der Waals surface area contributed by atoms with Crippen LogP contribution in [0.2, 0.25) is 0 Å². The second-order valence-corrected chi connectivity index (χ2v) is 8.40. The molecule has 2 aliphatic rings. The Hall–Kier alpha value is -1.68. The van der Waals surface area contributed by atoms with E-state index >= 15 is 0 Å². The summed E-state index contributed by atoms with van der Waals surface area (Å²) in [5, 5.41) is 9.00. The van der Waals surface area contributed by atoms with Gasteiger partial charge in [0.2, 0.25) is 10.0 Å². The molecule has 0 bridgehead atoms. The SMILES string of the molecule is O=C(O)C1CCN(CCOc2ccc(S(=O)(=O)N3CCOCC3)cc2)C1. The molecule has 26 heavy (non-hydrogen) atoms. The van der Waals surface area contributed by atoms with Gasteiger partial charge in [0, 0.05) is 26.2 Å². The first-order valence-electron chi connectivity index (χ1n) is 8.73. The van der Waals surface area contributed by atoms with E-state index in [1.807, 2.05) is 0 Å². The van der Waals surface area contributed by atoms with Gasteiger partial charge < -0.3 is 14.6 Å². The van der Waals surface area contributed by atoms with Crippen molar-refractivity contribution in [2.45, 2.75) is 11.3 Å². The molecule has 0 spiro atoms. The van der Waals surface area contributed by atoms with Crippen LogP contribution in [0.25, 0.3) is 0 Å². The van der Waals surface area contributed by atoms with Crippen LogP contribution in [0.5, 0.6) is 5.75 Å². The standard InChI is InChI=1S/C17H24N2O6S/c20-17(21)14-5-6-18(13-14)7-12-25-15-1-3-16(4-2-15)26(22,23)19-8-10-24-11-9-19/h1-4,14H,5-13H2,(H,20,21). The van der Waals surface area contributed by atoms with Crippen molar-refractivity contribution in [3.8, 4) is 5.75 Å². The number of ether oxygens (including phenoxy) is 2. The molecule has 0 aliphatic carbocycles. The van der Waals surface area contributed by atoms with Gasteiger partial charge in [-0.05, 0) is 37.2 Å². The van der Waals surface area contributed by atoms with Crippen molar-refractivity contribution in [3.05, 3.63) is 24.3 Å². The first-order chi connectivity index (χ1) is 12.5. The Balaban J connectivity index is 1.49. The highest BCUT2D eigenvalue weighted by Crippen LogP contribution is 2.21. The smallest absolute Gasteiger partial charge is 0.307 e. The van der Waals surface area contributed by atoms with Gasteiger partial charge in [0.15, 0.2) is 0 Å². The lowest BCUT2D eigenvalue weighted by atomic mass is 10.1. The number of carbonyl (C=O) groups is 1. The molecule has 2 aliphatic heterocycles. The van der Waals surface area contributed by atoms with Gasteiger partial charge in [0.25, 0.3) is 0 Å². The van der Waals surface area contributed by atoms with Gasteiger partial charge in [-0.25, -0.2) is 8.42 Å². The molecule has 2 saturated heterocycles. The lowest BCUT2D eigenvalue weighted by molar-refractivity contribution is -0.141. The van der Waals surface area contributed by atoms with Gasteiger partial charge in [-0.3, -0.25) is 9.69 Å². The van der Waals surface area contributed by atoms with Gasteiger partial charge >= 0.3 is 5.97 Å². The molecule has 2 heterocycles. The molecule has 0 amide bonds. The van der Waals surface area contributed by atoms with Crippen LogP contribution in [0.3, 0.4) is 0 Å². The molecular formula is C17H24N2O6S.